The van der Waals surface area contributed by atoms with Crippen molar-refractivity contribution in [3.8, 4) is 11.5 Å². The summed E-state index contributed by atoms with van der Waals surface area (Å²) in [6.07, 6.45) is 1.80. The number of hydrogen-bond donors (Lipinski definition) is 0. The van der Waals surface area contributed by atoms with Gasteiger partial charge in [0.25, 0.3) is 0 Å². The molecule has 102 valence electrons. The monoisotopic (exact) mass is 274 g/mol. The lowest BCUT2D eigenvalue weighted by Gasteiger charge is -2.06. The van der Waals surface area contributed by atoms with Crippen LogP contribution in [-0.2, 0) is 7.05 Å². The molecule has 4 nitrogen and oxygen atoms in total. The quantitative estimate of drug-likeness (QED) is 0.533. The maximum absolute atomic E-state index is 4.71. The first-order chi connectivity index (χ1) is 10.2. The molecule has 0 amide bonds. The average Bonchev–Trinajstić information content (AvgIpc) is 2.85. The molecule has 21 heavy (non-hydrogen) atoms. The highest BCUT2D eigenvalue weighted by atomic mass is 15.1. The minimum atomic E-state index is 0.880. The van der Waals surface area contributed by atoms with Crippen LogP contribution in [0.1, 0.15) is 5.69 Å². The summed E-state index contributed by atoms with van der Waals surface area (Å²) in [4.78, 5) is 13.8. The number of benzene rings is 1. The van der Waals surface area contributed by atoms with Gasteiger partial charge >= 0.3 is 0 Å². The fourth-order valence-corrected chi connectivity index (χ4v) is 2.74. The first-order valence-electron chi connectivity index (χ1n) is 6.88. The molecule has 0 bridgehead atoms. The van der Waals surface area contributed by atoms with Gasteiger partial charge in [-0.15, -0.1) is 0 Å². The fourth-order valence-electron chi connectivity index (χ4n) is 2.74. The summed E-state index contributed by atoms with van der Waals surface area (Å²) >= 11 is 0. The van der Waals surface area contributed by atoms with Gasteiger partial charge in [-0.25, -0.2) is 9.97 Å². The Hall–Kier alpha value is -2.75. The number of rotatable bonds is 1. The predicted molar refractivity (Wildman–Crippen MR) is 84.0 cm³/mol. The highest BCUT2D eigenvalue weighted by molar-refractivity contribution is 5.85. The van der Waals surface area contributed by atoms with Gasteiger partial charge in [0.05, 0.1) is 22.2 Å². The average molecular weight is 274 g/mol. The van der Waals surface area contributed by atoms with E-state index in [9.17, 15) is 0 Å². The van der Waals surface area contributed by atoms with Crippen molar-refractivity contribution in [2.45, 2.75) is 6.92 Å². The molecule has 0 unspecified atom stereocenters. The van der Waals surface area contributed by atoms with Gasteiger partial charge in [-0.1, -0.05) is 18.2 Å². The molecule has 0 atom stereocenters. The van der Waals surface area contributed by atoms with E-state index in [0.29, 0.717) is 0 Å². The molecular formula is C17H14N4. The van der Waals surface area contributed by atoms with E-state index in [1.54, 1.807) is 6.20 Å². The van der Waals surface area contributed by atoms with Gasteiger partial charge in [-0.3, -0.25) is 4.98 Å². The van der Waals surface area contributed by atoms with Gasteiger partial charge in [-0.2, -0.15) is 0 Å². The number of aromatic nitrogens is 4. The second-order valence-corrected chi connectivity index (χ2v) is 5.15. The number of hydrogen-bond acceptors (Lipinski definition) is 3. The largest absolute Gasteiger partial charge is 0.326 e. The van der Waals surface area contributed by atoms with Crippen LogP contribution in [-0.4, -0.2) is 19.5 Å². The Morgan fingerprint density at radius 1 is 1.00 bits per heavy atom. The lowest BCUT2D eigenvalue weighted by Crippen LogP contribution is -1.97. The Kier molecular flexibility index (Phi) is 2.51. The van der Waals surface area contributed by atoms with Crippen LogP contribution in [0, 0.1) is 6.92 Å². The molecule has 4 rings (SSSR count). The maximum atomic E-state index is 4.71. The van der Waals surface area contributed by atoms with E-state index in [0.717, 1.165) is 39.1 Å². The number of pyridine rings is 2. The molecule has 3 aromatic heterocycles. The van der Waals surface area contributed by atoms with Gasteiger partial charge < -0.3 is 4.57 Å². The standard InChI is InChI=1S/C17H14N4/c1-11-16-12(6-5-9-18-16)10-14(19-11)17-20-13-7-3-4-8-15(13)21(17)2/h3-10H,1-2H3. The fraction of sp³-hybridized carbons (Fsp3) is 0.118. The van der Waals surface area contributed by atoms with Crippen molar-refractivity contribution >= 4 is 21.9 Å². The molecule has 0 aliphatic heterocycles. The number of nitrogens with zero attached hydrogens (tertiary/aromatic N) is 4. The molecule has 4 aromatic rings. The highest BCUT2D eigenvalue weighted by Crippen LogP contribution is 2.25. The molecule has 0 saturated heterocycles. The highest BCUT2D eigenvalue weighted by Gasteiger charge is 2.12. The normalized spacial score (nSPS) is 11.3. The molecule has 0 saturated carbocycles. The van der Waals surface area contributed by atoms with Crippen LogP contribution < -0.4 is 0 Å². The van der Waals surface area contributed by atoms with Crippen LogP contribution in [0.5, 0.6) is 0 Å². The van der Waals surface area contributed by atoms with E-state index in [2.05, 4.69) is 32.7 Å². The van der Waals surface area contributed by atoms with Crippen molar-refractivity contribution < 1.29 is 0 Å². The maximum Gasteiger partial charge on any atom is 0.159 e. The Labute approximate surface area is 122 Å². The Morgan fingerprint density at radius 2 is 1.86 bits per heavy atom. The van der Waals surface area contributed by atoms with Crippen LogP contribution in [0.15, 0.2) is 48.7 Å². The summed E-state index contributed by atoms with van der Waals surface area (Å²) in [5.41, 5.74) is 4.85. The van der Waals surface area contributed by atoms with Gasteiger partial charge in [0.15, 0.2) is 5.82 Å². The Balaban J connectivity index is 2.02. The lowest BCUT2D eigenvalue weighted by atomic mass is 10.2. The van der Waals surface area contributed by atoms with Crippen molar-refractivity contribution in [2.24, 2.45) is 7.05 Å². The third kappa shape index (κ3) is 1.80. The molecule has 0 aliphatic carbocycles. The summed E-state index contributed by atoms with van der Waals surface area (Å²) < 4.78 is 2.08. The Bertz CT molecular complexity index is 969. The third-order valence-electron chi connectivity index (χ3n) is 3.78. The van der Waals surface area contributed by atoms with E-state index in [-0.39, 0.29) is 0 Å². The van der Waals surface area contributed by atoms with Crippen LogP contribution in [0.2, 0.25) is 0 Å². The van der Waals surface area contributed by atoms with E-state index in [4.69, 9.17) is 4.98 Å². The zero-order valence-electron chi connectivity index (χ0n) is 11.9. The van der Waals surface area contributed by atoms with Gasteiger partial charge in [0, 0.05) is 18.6 Å². The molecule has 0 N–H and O–H groups in total. The molecule has 3 heterocycles. The first-order valence-corrected chi connectivity index (χ1v) is 6.88. The summed E-state index contributed by atoms with van der Waals surface area (Å²) in [5.74, 6) is 0.880. The summed E-state index contributed by atoms with van der Waals surface area (Å²) in [7, 11) is 2.02. The summed E-state index contributed by atoms with van der Waals surface area (Å²) in [5, 5.41) is 1.09. The van der Waals surface area contributed by atoms with Gasteiger partial charge in [0.1, 0.15) is 5.69 Å². The lowest BCUT2D eigenvalue weighted by molar-refractivity contribution is 0.948. The van der Waals surface area contributed by atoms with E-state index in [1.807, 2.05) is 38.2 Å². The molecule has 0 aliphatic rings. The van der Waals surface area contributed by atoms with Crippen LogP contribution in [0.3, 0.4) is 0 Å². The number of aryl methyl sites for hydroxylation is 2. The topological polar surface area (TPSA) is 43.6 Å². The van der Waals surface area contributed by atoms with E-state index >= 15 is 0 Å². The molecule has 0 fully saturated rings. The summed E-state index contributed by atoms with van der Waals surface area (Å²) in [6, 6.07) is 14.2. The minimum absolute atomic E-state index is 0.880. The van der Waals surface area contributed by atoms with Crippen molar-refractivity contribution in [1.82, 2.24) is 19.5 Å². The third-order valence-corrected chi connectivity index (χ3v) is 3.78. The molecule has 4 heteroatoms. The van der Waals surface area contributed by atoms with E-state index in [1.165, 1.54) is 0 Å². The number of imidazole rings is 1. The van der Waals surface area contributed by atoms with Gasteiger partial charge in [-0.05, 0) is 31.2 Å². The second-order valence-electron chi connectivity index (χ2n) is 5.15. The minimum Gasteiger partial charge on any atom is -0.326 e. The van der Waals surface area contributed by atoms with Crippen molar-refractivity contribution in [3.63, 3.8) is 0 Å². The molecular weight excluding hydrogens is 260 g/mol. The molecule has 0 spiro atoms. The van der Waals surface area contributed by atoms with Crippen molar-refractivity contribution in [2.75, 3.05) is 0 Å². The zero-order valence-corrected chi connectivity index (χ0v) is 11.9. The van der Waals surface area contributed by atoms with Crippen LogP contribution in [0.4, 0.5) is 0 Å². The van der Waals surface area contributed by atoms with Gasteiger partial charge in [0.2, 0.25) is 0 Å². The van der Waals surface area contributed by atoms with Crippen LogP contribution in [0.25, 0.3) is 33.5 Å². The van der Waals surface area contributed by atoms with Crippen molar-refractivity contribution in [3.05, 3.63) is 54.4 Å². The predicted octanol–water partition coefficient (Wildman–Crippen LogP) is 3.49. The number of fused-ring (bicyclic) bond motifs is 2. The second kappa shape index (κ2) is 4.38. The van der Waals surface area contributed by atoms with Crippen LogP contribution >= 0.6 is 0 Å². The first kappa shape index (κ1) is 12.0. The van der Waals surface area contributed by atoms with Crippen molar-refractivity contribution in [1.29, 1.82) is 0 Å². The number of para-hydroxylation sites is 2. The smallest absolute Gasteiger partial charge is 0.159 e. The zero-order chi connectivity index (χ0) is 14.4. The molecule has 0 radical (unpaired) electrons. The summed E-state index contributed by atoms with van der Waals surface area (Å²) in [6.45, 7) is 1.99. The Morgan fingerprint density at radius 3 is 2.71 bits per heavy atom. The molecule has 1 aromatic carbocycles. The van der Waals surface area contributed by atoms with E-state index < -0.39 is 0 Å². The SMILES string of the molecule is Cc1nc(-c2nc3ccccc3n2C)cc2cccnc12.